The topological polar surface area (TPSA) is 62.6 Å². The van der Waals surface area contributed by atoms with Crippen LogP contribution in [0.1, 0.15) is 21.5 Å². The maximum absolute atomic E-state index is 12.9. The number of nitrogens with zero attached hydrogens (tertiary/aromatic N) is 3. The molecule has 2 heterocycles. The van der Waals surface area contributed by atoms with E-state index in [-0.39, 0.29) is 5.91 Å². The molecule has 0 atom stereocenters. The number of rotatable bonds is 3. The Bertz CT molecular complexity index is 894. The minimum Gasteiger partial charge on any atom is -0.356 e. The van der Waals surface area contributed by atoms with Gasteiger partial charge in [-0.3, -0.25) is 4.79 Å². The third-order valence-electron chi connectivity index (χ3n) is 4.57. The van der Waals surface area contributed by atoms with E-state index in [1.54, 1.807) is 23.2 Å². The number of carbonyl (C=O) groups excluding carboxylic acids is 1. The molecule has 0 spiro atoms. The summed E-state index contributed by atoms with van der Waals surface area (Å²) in [7, 11) is -1.67. The summed E-state index contributed by atoms with van der Waals surface area (Å²) in [5, 5.41) is 0. The molecule has 2 aromatic rings. The molecule has 0 radical (unpaired) electrons. The van der Waals surface area contributed by atoms with Gasteiger partial charge in [0.05, 0.1) is 10.5 Å². The molecule has 0 unspecified atom stereocenters. The molecule has 134 valence electrons. The normalized spacial score (nSPS) is 16.2. The van der Waals surface area contributed by atoms with Crippen LogP contribution in [0.5, 0.6) is 0 Å². The van der Waals surface area contributed by atoms with Crippen LogP contribution in [0.3, 0.4) is 0 Å². The van der Waals surface area contributed by atoms with E-state index in [0.717, 1.165) is 11.1 Å². The summed E-state index contributed by atoms with van der Waals surface area (Å²) in [6.07, 6.45) is 3.61. The third-order valence-corrected chi connectivity index (χ3v) is 6.61. The van der Waals surface area contributed by atoms with Crippen molar-refractivity contribution in [3.05, 3.63) is 53.3 Å². The molecule has 0 N–H and O–H groups in total. The van der Waals surface area contributed by atoms with Crippen LogP contribution in [0, 0.1) is 13.8 Å². The van der Waals surface area contributed by atoms with Crippen molar-refractivity contribution in [1.29, 1.82) is 0 Å². The number of sulfonamides is 1. The second-order valence-electron chi connectivity index (χ2n) is 6.53. The van der Waals surface area contributed by atoms with E-state index < -0.39 is 10.0 Å². The molecule has 1 fully saturated rings. The molecule has 1 amide bonds. The number of aryl methyl sites for hydroxylation is 3. The Morgan fingerprint density at radius 2 is 1.72 bits per heavy atom. The van der Waals surface area contributed by atoms with E-state index in [2.05, 4.69) is 0 Å². The summed E-state index contributed by atoms with van der Waals surface area (Å²) in [5.74, 6) is -0.0515. The molecule has 1 aromatic carbocycles. The Morgan fingerprint density at radius 3 is 2.32 bits per heavy atom. The number of carbonyl (C=O) groups is 1. The minimum absolute atomic E-state index is 0.0515. The highest BCUT2D eigenvalue weighted by Gasteiger charge is 2.31. The molecule has 0 bridgehead atoms. The highest BCUT2D eigenvalue weighted by Crippen LogP contribution is 2.22. The average molecular weight is 361 g/mol. The molecular weight excluding hydrogens is 338 g/mol. The first-order valence-electron chi connectivity index (χ1n) is 8.28. The quantitative estimate of drug-likeness (QED) is 0.837. The van der Waals surface area contributed by atoms with Gasteiger partial charge in [-0.15, -0.1) is 0 Å². The van der Waals surface area contributed by atoms with Crippen LogP contribution in [0.2, 0.25) is 0 Å². The smallest absolute Gasteiger partial charge is 0.255 e. The van der Waals surface area contributed by atoms with Gasteiger partial charge >= 0.3 is 0 Å². The fourth-order valence-electron chi connectivity index (χ4n) is 3.07. The van der Waals surface area contributed by atoms with Crippen molar-refractivity contribution < 1.29 is 13.2 Å². The van der Waals surface area contributed by atoms with Crippen LogP contribution in [-0.4, -0.2) is 54.3 Å². The van der Waals surface area contributed by atoms with Gasteiger partial charge in [0.2, 0.25) is 10.0 Å². The molecule has 25 heavy (non-hydrogen) atoms. The monoisotopic (exact) mass is 361 g/mol. The highest BCUT2D eigenvalue weighted by molar-refractivity contribution is 7.89. The molecule has 1 aromatic heterocycles. The van der Waals surface area contributed by atoms with Gasteiger partial charge in [0.1, 0.15) is 0 Å². The largest absolute Gasteiger partial charge is 0.356 e. The minimum atomic E-state index is -3.53. The second kappa shape index (κ2) is 6.65. The molecule has 3 rings (SSSR count). The number of piperazine rings is 1. The fourth-order valence-corrected chi connectivity index (χ4v) is 4.80. The van der Waals surface area contributed by atoms with Gasteiger partial charge in [0, 0.05) is 45.6 Å². The van der Waals surface area contributed by atoms with Gasteiger partial charge < -0.3 is 9.47 Å². The third kappa shape index (κ3) is 3.48. The van der Waals surface area contributed by atoms with Crippen molar-refractivity contribution in [2.24, 2.45) is 7.05 Å². The van der Waals surface area contributed by atoms with E-state index in [9.17, 15) is 13.2 Å². The molecule has 6 nitrogen and oxygen atoms in total. The van der Waals surface area contributed by atoms with Crippen LogP contribution in [-0.2, 0) is 17.1 Å². The van der Waals surface area contributed by atoms with Crippen molar-refractivity contribution in [3.63, 3.8) is 0 Å². The lowest BCUT2D eigenvalue weighted by Crippen LogP contribution is -2.50. The standard InChI is InChI=1S/C18H23N3O3S/c1-14-4-5-15(2)17(12-14)25(23,24)21-10-8-20(9-11-21)18(22)16-6-7-19(3)13-16/h4-7,12-13H,8-11H2,1-3H3. The van der Waals surface area contributed by atoms with Crippen molar-refractivity contribution in [1.82, 2.24) is 13.8 Å². The summed E-state index contributed by atoms with van der Waals surface area (Å²) in [4.78, 5) is 14.6. The lowest BCUT2D eigenvalue weighted by molar-refractivity contribution is 0.0698. The van der Waals surface area contributed by atoms with Crippen molar-refractivity contribution in [3.8, 4) is 0 Å². The predicted molar refractivity (Wildman–Crippen MR) is 96.0 cm³/mol. The van der Waals surface area contributed by atoms with Crippen LogP contribution in [0.15, 0.2) is 41.6 Å². The summed E-state index contributed by atoms with van der Waals surface area (Å²) < 4.78 is 29.2. The predicted octanol–water partition coefficient (Wildman–Crippen LogP) is 1.79. The number of hydrogen-bond donors (Lipinski definition) is 0. The van der Waals surface area contributed by atoms with Crippen LogP contribution in [0.4, 0.5) is 0 Å². The van der Waals surface area contributed by atoms with E-state index in [1.165, 1.54) is 4.31 Å². The lowest BCUT2D eigenvalue weighted by atomic mass is 10.2. The van der Waals surface area contributed by atoms with Crippen molar-refractivity contribution in [2.45, 2.75) is 18.7 Å². The number of benzene rings is 1. The first kappa shape index (κ1) is 17.7. The Balaban J connectivity index is 1.73. The Hall–Kier alpha value is -2.12. The van der Waals surface area contributed by atoms with E-state index >= 15 is 0 Å². The summed E-state index contributed by atoms with van der Waals surface area (Å²) in [6.45, 7) is 5.12. The first-order chi connectivity index (χ1) is 11.8. The van der Waals surface area contributed by atoms with Gasteiger partial charge in [-0.05, 0) is 37.1 Å². The van der Waals surface area contributed by atoms with E-state index in [1.807, 2.05) is 43.8 Å². The Labute approximate surface area is 148 Å². The molecule has 0 saturated carbocycles. The Morgan fingerprint density at radius 1 is 1.04 bits per heavy atom. The summed E-state index contributed by atoms with van der Waals surface area (Å²) in [6, 6.07) is 7.23. The zero-order chi connectivity index (χ0) is 18.2. The van der Waals surface area contributed by atoms with Crippen LogP contribution >= 0.6 is 0 Å². The Kier molecular flexibility index (Phi) is 4.71. The maximum atomic E-state index is 12.9. The van der Waals surface area contributed by atoms with Crippen molar-refractivity contribution in [2.75, 3.05) is 26.2 Å². The lowest BCUT2D eigenvalue weighted by Gasteiger charge is -2.34. The van der Waals surface area contributed by atoms with Gasteiger partial charge in [-0.25, -0.2) is 8.42 Å². The molecule has 1 aliphatic heterocycles. The molecule has 7 heteroatoms. The zero-order valence-corrected chi connectivity index (χ0v) is 15.6. The van der Waals surface area contributed by atoms with E-state index in [4.69, 9.17) is 0 Å². The van der Waals surface area contributed by atoms with Gasteiger partial charge in [0.15, 0.2) is 0 Å². The first-order valence-corrected chi connectivity index (χ1v) is 9.72. The van der Waals surface area contributed by atoms with Gasteiger partial charge in [-0.1, -0.05) is 12.1 Å². The average Bonchev–Trinajstić information content (AvgIpc) is 3.03. The van der Waals surface area contributed by atoms with Crippen LogP contribution in [0.25, 0.3) is 0 Å². The number of hydrogen-bond acceptors (Lipinski definition) is 3. The SMILES string of the molecule is Cc1ccc(C)c(S(=O)(=O)N2CCN(C(=O)c3ccn(C)c3)CC2)c1. The van der Waals surface area contributed by atoms with Crippen LogP contribution < -0.4 is 0 Å². The second-order valence-corrected chi connectivity index (χ2v) is 8.44. The zero-order valence-electron chi connectivity index (χ0n) is 14.8. The molecule has 1 saturated heterocycles. The molecular formula is C18H23N3O3S. The number of aromatic nitrogens is 1. The van der Waals surface area contributed by atoms with Crippen molar-refractivity contribution >= 4 is 15.9 Å². The molecule has 1 aliphatic rings. The summed E-state index contributed by atoms with van der Waals surface area (Å²) >= 11 is 0. The number of amides is 1. The maximum Gasteiger partial charge on any atom is 0.255 e. The molecule has 0 aliphatic carbocycles. The van der Waals surface area contributed by atoms with Gasteiger partial charge in [0.25, 0.3) is 5.91 Å². The fraction of sp³-hybridized carbons (Fsp3) is 0.389. The summed E-state index contributed by atoms with van der Waals surface area (Å²) in [5.41, 5.74) is 2.30. The van der Waals surface area contributed by atoms with E-state index in [0.29, 0.717) is 36.6 Å². The highest BCUT2D eigenvalue weighted by atomic mass is 32.2. The van der Waals surface area contributed by atoms with Gasteiger partial charge in [-0.2, -0.15) is 4.31 Å².